The van der Waals surface area contributed by atoms with Crippen molar-refractivity contribution in [3.05, 3.63) is 77.6 Å². The molecule has 2 aromatic carbocycles. The molecule has 0 fully saturated rings. The van der Waals surface area contributed by atoms with Gasteiger partial charge < -0.3 is 10.1 Å². The lowest BCUT2D eigenvalue weighted by atomic mass is 9.98. The van der Waals surface area contributed by atoms with Crippen molar-refractivity contribution in [3.8, 4) is 23.0 Å². The first kappa shape index (κ1) is 17.9. The summed E-state index contributed by atoms with van der Waals surface area (Å²) in [6.45, 7) is 3.35. The third-order valence-electron chi connectivity index (χ3n) is 4.85. The molecule has 1 heterocycles. The predicted octanol–water partition coefficient (Wildman–Crippen LogP) is 3.79. The van der Waals surface area contributed by atoms with Crippen molar-refractivity contribution in [1.82, 2.24) is 15.1 Å². The molecule has 5 heteroatoms. The highest BCUT2D eigenvalue weighted by Gasteiger charge is 2.28. The van der Waals surface area contributed by atoms with E-state index in [1.165, 1.54) is 22.3 Å². The van der Waals surface area contributed by atoms with E-state index in [-0.39, 0.29) is 12.5 Å². The number of benzene rings is 2. The Bertz CT molecular complexity index is 1010. The van der Waals surface area contributed by atoms with E-state index in [1.54, 1.807) is 6.20 Å². The molecule has 0 saturated heterocycles. The highest BCUT2D eigenvalue weighted by Crippen LogP contribution is 2.44. The Morgan fingerprint density at radius 1 is 1.14 bits per heavy atom. The van der Waals surface area contributed by atoms with Gasteiger partial charge in [-0.15, -0.1) is 0 Å². The molecule has 5 nitrogen and oxygen atoms in total. The van der Waals surface area contributed by atoms with Gasteiger partial charge in [0.15, 0.2) is 0 Å². The summed E-state index contributed by atoms with van der Waals surface area (Å²) in [5.74, 6) is 5.95. The molecule has 0 bridgehead atoms. The molecule has 1 amide bonds. The minimum absolute atomic E-state index is 0.0594. The number of alkyl carbamates (subject to hydrolysis) is 1. The normalized spacial score (nSPS) is 11.9. The third kappa shape index (κ3) is 3.63. The highest BCUT2D eigenvalue weighted by molar-refractivity contribution is 5.79. The smallest absolute Gasteiger partial charge is 0.407 e. The molecular formula is C23H21N3O2. The van der Waals surface area contributed by atoms with Gasteiger partial charge >= 0.3 is 6.09 Å². The monoisotopic (exact) mass is 371 g/mol. The maximum Gasteiger partial charge on any atom is 0.407 e. The zero-order chi connectivity index (χ0) is 19.3. The van der Waals surface area contributed by atoms with Crippen molar-refractivity contribution in [2.24, 2.45) is 0 Å². The van der Waals surface area contributed by atoms with Gasteiger partial charge in [-0.1, -0.05) is 60.4 Å². The molecule has 0 spiro atoms. The fraction of sp³-hybridized carbons (Fsp3) is 0.217. The zero-order valence-electron chi connectivity index (χ0n) is 15.7. The van der Waals surface area contributed by atoms with Crippen LogP contribution in [0.15, 0.2) is 60.9 Å². The van der Waals surface area contributed by atoms with Crippen LogP contribution in [0.3, 0.4) is 0 Å². The van der Waals surface area contributed by atoms with Crippen molar-refractivity contribution in [3.63, 3.8) is 0 Å². The van der Waals surface area contributed by atoms with Crippen molar-refractivity contribution in [1.29, 1.82) is 0 Å². The van der Waals surface area contributed by atoms with Gasteiger partial charge in [0.25, 0.3) is 0 Å². The van der Waals surface area contributed by atoms with Crippen LogP contribution in [0.1, 0.15) is 29.5 Å². The molecule has 4 rings (SSSR count). The number of carbonyl (C=O) groups is 1. The first-order valence-corrected chi connectivity index (χ1v) is 9.36. The Morgan fingerprint density at radius 3 is 2.46 bits per heavy atom. The van der Waals surface area contributed by atoms with Crippen LogP contribution in [0.5, 0.6) is 0 Å². The summed E-state index contributed by atoms with van der Waals surface area (Å²) in [4.78, 5) is 12.1. The van der Waals surface area contributed by atoms with E-state index in [0.29, 0.717) is 6.61 Å². The maximum absolute atomic E-state index is 12.1. The summed E-state index contributed by atoms with van der Waals surface area (Å²) in [7, 11) is 0. The molecule has 0 unspecified atom stereocenters. The van der Waals surface area contributed by atoms with Gasteiger partial charge in [-0.25, -0.2) is 4.79 Å². The van der Waals surface area contributed by atoms with Crippen molar-refractivity contribution in [2.45, 2.75) is 19.4 Å². The Kier molecular flexibility index (Phi) is 5.11. The van der Waals surface area contributed by atoms with Crippen LogP contribution in [0, 0.1) is 11.8 Å². The number of aromatic nitrogens is 2. The van der Waals surface area contributed by atoms with Crippen molar-refractivity contribution < 1.29 is 9.53 Å². The second kappa shape index (κ2) is 8.01. The van der Waals surface area contributed by atoms with E-state index in [2.05, 4.69) is 46.5 Å². The minimum atomic E-state index is -0.458. The lowest BCUT2D eigenvalue weighted by Gasteiger charge is -2.14. The minimum Gasteiger partial charge on any atom is -0.449 e. The molecule has 28 heavy (non-hydrogen) atoms. The molecule has 0 aliphatic heterocycles. The summed E-state index contributed by atoms with van der Waals surface area (Å²) in [6.07, 6.45) is 3.13. The summed E-state index contributed by atoms with van der Waals surface area (Å²) in [5, 5.41) is 6.84. The van der Waals surface area contributed by atoms with Crippen LogP contribution in [0.2, 0.25) is 0 Å². The molecule has 0 atom stereocenters. The molecule has 1 aliphatic carbocycles. The average Bonchev–Trinajstić information content (AvgIpc) is 3.32. The third-order valence-corrected chi connectivity index (χ3v) is 4.85. The number of carbonyl (C=O) groups excluding carboxylic acids is 1. The van der Waals surface area contributed by atoms with Gasteiger partial charge in [0, 0.05) is 18.7 Å². The zero-order valence-corrected chi connectivity index (χ0v) is 15.7. The largest absolute Gasteiger partial charge is 0.449 e. The molecule has 0 radical (unpaired) electrons. The molecule has 140 valence electrons. The Balaban J connectivity index is 1.34. The van der Waals surface area contributed by atoms with E-state index in [4.69, 9.17) is 4.74 Å². The number of nitrogens with one attached hydrogen (secondary N) is 1. The maximum atomic E-state index is 12.1. The Hall–Kier alpha value is -3.52. The van der Waals surface area contributed by atoms with Gasteiger partial charge in [0.05, 0.1) is 18.3 Å². The summed E-state index contributed by atoms with van der Waals surface area (Å²) in [6, 6.07) is 16.5. The number of aryl methyl sites for hydroxylation is 1. The van der Waals surface area contributed by atoms with Gasteiger partial charge in [-0.05, 0) is 29.2 Å². The van der Waals surface area contributed by atoms with Crippen LogP contribution in [0.4, 0.5) is 4.79 Å². The van der Waals surface area contributed by atoms with Crippen LogP contribution in [-0.4, -0.2) is 29.0 Å². The van der Waals surface area contributed by atoms with E-state index in [9.17, 15) is 4.79 Å². The fourth-order valence-corrected chi connectivity index (χ4v) is 3.51. The number of hydrogen-bond donors (Lipinski definition) is 1. The topological polar surface area (TPSA) is 56.2 Å². The lowest BCUT2D eigenvalue weighted by molar-refractivity contribution is 0.144. The van der Waals surface area contributed by atoms with E-state index in [0.717, 1.165) is 12.1 Å². The number of rotatable bonds is 4. The first-order chi connectivity index (χ1) is 13.8. The molecule has 1 N–H and O–H groups in total. The number of hydrogen-bond acceptors (Lipinski definition) is 3. The van der Waals surface area contributed by atoms with Gasteiger partial charge in [-0.2, -0.15) is 5.10 Å². The number of amides is 1. The molecule has 1 aliphatic rings. The summed E-state index contributed by atoms with van der Waals surface area (Å²) < 4.78 is 7.29. The number of nitrogens with zero attached hydrogens (tertiary/aromatic N) is 2. The molecule has 3 aromatic rings. The second-order valence-corrected chi connectivity index (χ2v) is 6.57. The summed E-state index contributed by atoms with van der Waals surface area (Å²) in [5.41, 5.74) is 5.65. The predicted molar refractivity (Wildman–Crippen MR) is 108 cm³/mol. The van der Waals surface area contributed by atoms with E-state index < -0.39 is 6.09 Å². The second-order valence-electron chi connectivity index (χ2n) is 6.57. The Labute approximate surface area is 164 Å². The van der Waals surface area contributed by atoms with E-state index >= 15 is 0 Å². The van der Waals surface area contributed by atoms with E-state index in [1.807, 2.05) is 42.1 Å². The molecule has 0 saturated carbocycles. The SMILES string of the molecule is CCn1cc(C#CCNC(=O)OCC2c3ccccc3-c3ccccc32)cn1. The lowest BCUT2D eigenvalue weighted by Crippen LogP contribution is -2.26. The van der Waals surface area contributed by atoms with Crippen LogP contribution >= 0.6 is 0 Å². The quantitative estimate of drug-likeness (QED) is 0.710. The van der Waals surface area contributed by atoms with Crippen LogP contribution < -0.4 is 5.32 Å². The van der Waals surface area contributed by atoms with Gasteiger partial charge in [-0.3, -0.25) is 4.68 Å². The standard InChI is InChI=1S/C23H21N3O2/c1-2-26-15-17(14-25-26)8-7-13-24-23(27)28-16-22-20-11-5-3-9-18(20)19-10-4-6-12-21(19)22/h3-6,9-12,14-15,22H,2,13,16H2,1H3,(H,24,27). The fourth-order valence-electron chi connectivity index (χ4n) is 3.51. The highest BCUT2D eigenvalue weighted by atomic mass is 16.5. The van der Waals surface area contributed by atoms with Crippen molar-refractivity contribution >= 4 is 6.09 Å². The van der Waals surface area contributed by atoms with Gasteiger partial charge in [0.2, 0.25) is 0 Å². The van der Waals surface area contributed by atoms with Crippen LogP contribution in [0.25, 0.3) is 11.1 Å². The first-order valence-electron chi connectivity index (χ1n) is 9.36. The van der Waals surface area contributed by atoms with Crippen LogP contribution in [-0.2, 0) is 11.3 Å². The van der Waals surface area contributed by atoms with Gasteiger partial charge in [0.1, 0.15) is 6.61 Å². The number of fused-ring (bicyclic) bond motifs is 3. The summed E-state index contributed by atoms with van der Waals surface area (Å²) >= 11 is 0. The van der Waals surface area contributed by atoms with Crippen molar-refractivity contribution in [2.75, 3.05) is 13.2 Å². The molecule has 1 aromatic heterocycles. The number of ether oxygens (including phenoxy) is 1. The Morgan fingerprint density at radius 2 is 1.82 bits per heavy atom. The average molecular weight is 371 g/mol. The molecular weight excluding hydrogens is 350 g/mol.